The Morgan fingerprint density at radius 3 is 2.80 bits per heavy atom. The van der Waals surface area contributed by atoms with E-state index in [0.717, 1.165) is 0 Å². The van der Waals surface area contributed by atoms with E-state index in [0.29, 0.717) is 17.0 Å². The zero-order chi connectivity index (χ0) is 10.8. The summed E-state index contributed by atoms with van der Waals surface area (Å²) >= 11 is 0. The largest absolute Gasteiger partial charge is 0.287 e. The molecular weight excluding hydrogens is 192 g/mol. The molecule has 0 fully saturated rings. The highest BCUT2D eigenvalue weighted by Gasteiger charge is 2.15. The first-order chi connectivity index (χ1) is 7.18. The van der Waals surface area contributed by atoms with Crippen molar-refractivity contribution in [3.05, 3.63) is 41.7 Å². The molecule has 15 heavy (non-hydrogen) atoms. The van der Waals surface area contributed by atoms with Gasteiger partial charge in [-0.05, 0) is 13.0 Å². The van der Waals surface area contributed by atoms with Crippen LogP contribution in [0.25, 0.3) is 0 Å². The highest BCUT2D eigenvalue weighted by atomic mass is 16.1. The lowest BCUT2D eigenvalue weighted by Gasteiger charge is -1.96. The topological polar surface area (TPSA) is 60.7 Å². The van der Waals surface area contributed by atoms with Crippen LogP contribution in [-0.4, -0.2) is 25.5 Å². The molecule has 0 aliphatic rings. The zero-order valence-corrected chi connectivity index (χ0v) is 8.51. The normalized spacial score (nSPS) is 10.3. The van der Waals surface area contributed by atoms with Gasteiger partial charge >= 0.3 is 0 Å². The van der Waals surface area contributed by atoms with Crippen LogP contribution in [-0.2, 0) is 7.05 Å². The van der Waals surface area contributed by atoms with Crippen LogP contribution >= 0.6 is 0 Å². The third kappa shape index (κ3) is 1.76. The van der Waals surface area contributed by atoms with Crippen molar-refractivity contribution in [2.24, 2.45) is 7.05 Å². The van der Waals surface area contributed by atoms with Crippen molar-refractivity contribution in [3.8, 4) is 0 Å². The van der Waals surface area contributed by atoms with Gasteiger partial charge in [0.1, 0.15) is 12.0 Å². The maximum absolute atomic E-state index is 11.9. The molecule has 0 atom stereocenters. The van der Waals surface area contributed by atoms with Crippen LogP contribution < -0.4 is 0 Å². The standard InChI is InChI=1S/C10H10N4O/c1-7-8(5-14(2)13-7)10(15)9-3-4-11-6-12-9/h3-6H,1-2H3. The molecule has 2 aromatic rings. The van der Waals surface area contributed by atoms with Crippen LogP contribution in [0.15, 0.2) is 24.8 Å². The molecule has 0 saturated carbocycles. The number of carbonyl (C=O) groups excluding carboxylic acids is 1. The number of hydrogen-bond donors (Lipinski definition) is 0. The lowest BCUT2D eigenvalue weighted by atomic mass is 10.1. The smallest absolute Gasteiger partial charge is 0.214 e. The molecule has 0 aliphatic carbocycles. The Kier molecular flexibility index (Phi) is 2.29. The number of hydrogen-bond acceptors (Lipinski definition) is 4. The van der Waals surface area contributed by atoms with Gasteiger partial charge in [-0.25, -0.2) is 9.97 Å². The van der Waals surface area contributed by atoms with Crippen molar-refractivity contribution >= 4 is 5.78 Å². The van der Waals surface area contributed by atoms with E-state index in [1.807, 2.05) is 0 Å². The number of aryl methyl sites for hydroxylation is 2. The van der Waals surface area contributed by atoms with Gasteiger partial charge in [0.25, 0.3) is 0 Å². The minimum absolute atomic E-state index is 0.122. The minimum atomic E-state index is -0.122. The summed E-state index contributed by atoms with van der Waals surface area (Å²) in [6, 6.07) is 1.59. The summed E-state index contributed by atoms with van der Waals surface area (Å²) in [6.07, 6.45) is 4.60. The Bertz CT molecular complexity index is 489. The third-order valence-corrected chi connectivity index (χ3v) is 2.07. The number of ketones is 1. The maximum atomic E-state index is 11.9. The summed E-state index contributed by atoms with van der Waals surface area (Å²) < 4.78 is 1.61. The molecule has 0 unspecified atom stereocenters. The second kappa shape index (κ2) is 3.61. The van der Waals surface area contributed by atoms with Gasteiger partial charge in [-0.1, -0.05) is 0 Å². The Balaban J connectivity index is 2.41. The van der Waals surface area contributed by atoms with Crippen molar-refractivity contribution in [1.29, 1.82) is 0 Å². The monoisotopic (exact) mass is 202 g/mol. The molecule has 5 nitrogen and oxygen atoms in total. The summed E-state index contributed by atoms with van der Waals surface area (Å²) in [5, 5.41) is 4.11. The third-order valence-electron chi connectivity index (χ3n) is 2.07. The van der Waals surface area contributed by atoms with E-state index in [4.69, 9.17) is 0 Å². The molecule has 0 radical (unpaired) electrons. The molecule has 0 aliphatic heterocycles. The molecule has 76 valence electrons. The number of rotatable bonds is 2. The highest BCUT2D eigenvalue weighted by Crippen LogP contribution is 2.09. The van der Waals surface area contributed by atoms with Gasteiger partial charge in [0.05, 0.1) is 11.3 Å². The van der Waals surface area contributed by atoms with Crippen molar-refractivity contribution in [1.82, 2.24) is 19.7 Å². The molecule has 0 spiro atoms. The fourth-order valence-corrected chi connectivity index (χ4v) is 1.39. The van der Waals surface area contributed by atoms with Gasteiger partial charge in [0.15, 0.2) is 0 Å². The van der Waals surface area contributed by atoms with E-state index in [9.17, 15) is 4.79 Å². The van der Waals surface area contributed by atoms with Crippen molar-refractivity contribution < 1.29 is 4.79 Å². The lowest BCUT2D eigenvalue weighted by molar-refractivity contribution is 0.103. The maximum Gasteiger partial charge on any atom is 0.214 e. The minimum Gasteiger partial charge on any atom is -0.287 e. The number of nitrogens with zero attached hydrogens (tertiary/aromatic N) is 4. The lowest BCUT2D eigenvalue weighted by Crippen LogP contribution is -2.04. The second-order valence-electron chi connectivity index (χ2n) is 3.23. The molecule has 0 saturated heterocycles. The van der Waals surface area contributed by atoms with E-state index in [1.165, 1.54) is 6.33 Å². The average molecular weight is 202 g/mol. The number of carbonyl (C=O) groups is 1. The Labute approximate surface area is 86.8 Å². The van der Waals surface area contributed by atoms with E-state index in [-0.39, 0.29) is 5.78 Å². The summed E-state index contributed by atoms with van der Waals surface area (Å²) in [6.45, 7) is 1.80. The molecule has 0 amide bonds. The first-order valence-electron chi connectivity index (χ1n) is 4.49. The summed E-state index contributed by atoms with van der Waals surface area (Å²) in [5.41, 5.74) is 1.68. The van der Waals surface area contributed by atoms with Crippen LogP contribution in [0.1, 0.15) is 21.7 Å². The van der Waals surface area contributed by atoms with Crippen LogP contribution in [0.3, 0.4) is 0 Å². The van der Waals surface area contributed by atoms with Gasteiger partial charge in [-0.15, -0.1) is 0 Å². The van der Waals surface area contributed by atoms with Crippen molar-refractivity contribution in [3.63, 3.8) is 0 Å². The molecule has 2 heterocycles. The molecule has 0 bridgehead atoms. The van der Waals surface area contributed by atoms with E-state index >= 15 is 0 Å². The van der Waals surface area contributed by atoms with Gasteiger partial charge in [-0.2, -0.15) is 5.10 Å². The predicted molar refractivity (Wildman–Crippen MR) is 53.4 cm³/mol. The highest BCUT2D eigenvalue weighted by molar-refractivity contribution is 6.08. The first kappa shape index (κ1) is 9.51. The van der Waals surface area contributed by atoms with Crippen LogP contribution in [0.2, 0.25) is 0 Å². The quantitative estimate of drug-likeness (QED) is 0.674. The van der Waals surface area contributed by atoms with E-state index in [1.54, 1.807) is 37.1 Å². The van der Waals surface area contributed by atoms with Crippen LogP contribution in [0.4, 0.5) is 0 Å². The molecule has 2 aromatic heterocycles. The Morgan fingerprint density at radius 2 is 2.27 bits per heavy atom. The van der Waals surface area contributed by atoms with Gasteiger partial charge in [0, 0.05) is 19.4 Å². The predicted octanol–water partition coefficient (Wildman–Crippen LogP) is 0.750. The van der Waals surface area contributed by atoms with Gasteiger partial charge in [0.2, 0.25) is 5.78 Å². The van der Waals surface area contributed by atoms with Crippen molar-refractivity contribution in [2.45, 2.75) is 6.92 Å². The first-order valence-corrected chi connectivity index (χ1v) is 4.49. The van der Waals surface area contributed by atoms with Crippen LogP contribution in [0, 0.1) is 6.92 Å². The molecule has 0 N–H and O–H groups in total. The van der Waals surface area contributed by atoms with E-state index in [2.05, 4.69) is 15.1 Å². The Morgan fingerprint density at radius 1 is 1.47 bits per heavy atom. The summed E-state index contributed by atoms with van der Waals surface area (Å²) in [4.78, 5) is 19.6. The number of aromatic nitrogens is 4. The summed E-state index contributed by atoms with van der Waals surface area (Å²) in [5.74, 6) is -0.122. The fourth-order valence-electron chi connectivity index (χ4n) is 1.39. The summed E-state index contributed by atoms with van der Waals surface area (Å²) in [7, 11) is 1.78. The molecular formula is C10H10N4O. The SMILES string of the molecule is Cc1nn(C)cc1C(=O)c1ccncn1. The Hall–Kier alpha value is -2.04. The second-order valence-corrected chi connectivity index (χ2v) is 3.23. The van der Waals surface area contributed by atoms with Crippen LogP contribution in [0.5, 0.6) is 0 Å². The fraction of sp³-hybridized carbons (Fsp3) is 0.200. The van der Waals surface area contributed by atoms with Crippen molar-refractivity contribution in [2.75, 3.05) is 0 Å². The van der Waals surface area contributed by atoms with E-state index < -0.39 is 0 Å². The molecule has 2 rings (SSSR count). The van der Waals surface area contributed by atoms with Gasteiger partial charge < -0.3 is 0 Å². The van der Waals surface area contributed by atoms with Gasteiger partial charge in [-0.3, -0.25) is 9.48 Å². The average Bonchev–Trinajstić information content (AvgIpc) is 2.58. The molecule has 5 heteroatoms. The zero-order valence-electron chi connectivity index (χ0n) is 8.51. The molecule has 0 aromatic carbocycles.